The Kier molecular flexibility index (Phi) is 5.11. The van der Waals surface area contributed by atoms with Crippen molar-refractivity contribution in [1.82, 2.24) is 5.32 Å². The van der Waals surface area contributed by atoms with E-state index in [1.165, 1.54) is 15.3 Å². The number of hydrogen-bond acceptors (Lipinski definition) is 3. The van der Waals surface area contributed by atoms with Crippen LogP contribution in [0.5, 0.6) is 5.75 Å². The van der Waals surface area contributed by atoms with Gasteiger partial charge in [-0.2, -0.15) is 0 Å². The molecular formula is C14H15Cl2NOS. The van der Waals surface area contributed by atoms with Crippen LogP contribution in [-0.4, -0.2) is 7.05 Å². The summed E-state index contributed by atoms with van der Waals surface area (Å²) in [7, 11) is 1.94. The minimum atomic E-state index is 0.506. The molecule has 0 atom stereocenters. The lowest BCUT2D eigenvalue weighted by Crippen LogP contribution is -2.02. The van der Waals surface area contributed by atoms with Crippen LogP contribution in [0.2, 0.25) is 10.0 Å². The molecule has 102 valence electrons. The Morgan fingerprint density at radius 3 is 2.79 bits per heavy atom. The lowest BCUT2D eigenvalue weighted by atomic mass is 10.2. The lowest BCUT2D eigenvalue weighted by Gasteiger charge is -2.08. The molecule has 1 aromatic carbocycles. The van der Waals surface area contributed by atoms with Gasteiger partial charge in [-0.25, -0.2) is 0 Å². The highest BCUT2D eigenvalue weighted by molar-refractivity contribution is 7.12. The molecule has 1 aromatic heterocycles. The number of aryl methyl sites for hydroxylation is 1. The first kappa shape index (κ1) is 14.7. The first-order valence-electron chi connectivity index (χ1n) is 5.91. The minimum Gasteiger partial charge on any atom is -0.487 e. The fraction of sp³-hybridized carbons (Fsp3) is 0.286. The van der Waals surface area contributed by atoms with Crippen molar-refractivity contribution in [2.45, 2.75) is 20.1 Å². The Balaban J connectivity index is 2.07. The number of benzene rings is 1. The van der Waals surface area contributed by atoms with Gasteiger partial charge in [0, 0.05) is 33.0 Å². The monoisotopic (exact) mass is 315 g/mol. The Hall–Kier alpha value is -0.740. The van der Waals surface area contributed by atoms with Gasteiger partial charge in [-0.1, -0.05) is 23.2 Å². The highest BCUT2D eigenvalue weighted by Crippen LogP contribution is 2.29. The van der Waals surface area contributed by atoms with Crippen molar-refractivity contribution in [3.63, 3.8) is 0 Å². The predicted octanol–water partition coefficient (Wildman–Crippen LogP) is 4.66. The van der Waals surface area contributed by atoms with E-state index in [-0.39, 0.29) is 0 Å². The summed E-state index contributed by atoms with van der Waals surface area (Å²) in [5, 5.41) is 4.35. The Bertz CT molecular complexity index is 569. The normalized spacial score (nSPS) is 10.7. The zero-order chi connectivity index (χ0) is 13.8. The van der Waals surface area contributed by atoms with E-state index in [1.807, 2.05) is 7.05 Å². The molecule has 0 aliphatic carbocycles. The van der Waals surface area contributed by atoms with E-state index in [1.54, 1.807) is 29.5 Å². The summed E-state index contributed by atoms with van der Waals surface area (Å²) in [5.41, 5.74) is 1.19. The van der Waals surface area contributed by atoms with Crippen LogP contribution < -0.4 is 10.1 Å². The third-order valence-corrected chi connectivity index (χ3v) is 4.34. The maximum absolute atomic E-state index is 6.07. The Morgan fingerprint density at radius 1 is 1.26 bits per heavy atom. The fourth-order valence-electron chi connectivity index (χ4n) is 1.74. The molecule has 0 bridgehead atoms. The smallest absolute Gasteiger partial charge is 0.139 e. The van der Waals surface area contributed by atoms with E-state index in [0.717, 1.165) is 6.54 Å². The predicted molar refractivity (Wildman–Crippen MR) is 82.6 cm³/mol. The SMILES string of the molecule is CNCc1cc(COc2cc(Cl)ccc2Cl)c(C)s1. The van der Waals surface area contributed by atoms with Crippen molar-refractivity contribution in [2.24, 2.45) is 0 Å². The molecule has 1 N–H and O–H groups in total. The molecule has 0 saturated carbocycles. The summed E-state index contributed by atoms with van der Waals surface area (Å²) >= 11 is 13.8. The summed E-state index contributed by atoms with van der Waals surface area (Å²) in [6.07, 6.45) is 0. The third kappa shape index (κ3) is 3.86. The van der Waals surface area contributed by atoms with Crippen LogP contribution in [0.3, 0.4) is 0 Å². The molecule has 0 aliphatic rings. The van der Waals surface area contributed by atoms with Gasteiger partial charge in [0.25, 0.3) is 0 Å². The number of rotatable bonds is 5. The van der Waals surface area contributed by atoms with Crippen molar-refractivity contribution in [2.75, 3.05) is 7.05 Å². The molecule has 5 heteroatoms. The number of hydrogen-bond donors (Lipinski definition) is 1. The molecule has 0 fully saturated rings. The first-order valence-corrected chi connectivity index (χ1v) is 7.48. The highest BCUT2D eigenvalue weighted by atomic mass is 35.5. The van der Waals surface area contributed by atoms with Crippen LogP contribution >= 0.6 is 34.5 Å². The van der Waals surface area contributed by atoms with Crippen molar-refractivity contribution >= 4 is 34.5 Å². The van der Waals surface area contributed by atoms with Gasteiger partial charge >= 0.3 is 0 Å². The van der Waals surface area contributed by atoms with E-state index in [4.69, 9.17) is 27.9 Å². The van der Waals surface area contributed by atoms with Gasteiger partial charge in [-0.3, -0.25) is 0 Å². The molecule has 2 rings (SSSR count). The van der Waals surface area contributed by atoms with E-state index in [9.17, 15) is 0 Å². The number of thiophene rings is 1. The molecule has 1 heterocycles. The quantitative estimate of drug-likeness (QED) is 0.866. The lowest BCUT2D eigenvalue weighted by molar-refractivity contribution is 0.306. The van der Waals surface area contributed by atoms with E-state index >= 15 is 0 Å². The van der Waals surface area contributed by atoms with E-state index < -0.39 is 0 Å². The maximum atomic E-state index is 6.07. The van der Waals surface area contributed by atoms with E-state index in [0.29, 0.717) is 22.4 Å². The number of nitrogens with one attached hydrogen (secondary N) is 1. The van der Waals surface area contributed by atoms with Crippen molar-refractivity contribution < 1.29 is 4.74 Å². The van der Waals surface area contributed by atoms with Gasteiger partial charge in [0.05, 0.1) is 5.02 Å². The molecule has 19 heavy (non-hydrogen) atoms. The molecular weight excluding hydrogens is 301 g/mol. The van der Waals surface area contributed by atoms with Gasteiger partial charge < -0.3 is 10.1 Å². The Labute approximate surface area is 127 Å². The topological polar surface area (TPSA) is 21.3 Å². The van der Waals surface area contributed by atoms with Gasteiger partial charge in [-0.05, 0) is 32.2 Å². The summed E-state index contributed by atoms with van der Waals surface area (Å²) in [6, 6.07) is 7.39. The zero-order valence-electron chi connectivity index (χ0n) is 10.8. The summed E-state index contributed by atoms with van der Waals surface area (Å²) < 4.78 is 5.75. The van der Waals surface area contributed by atoms with Gasteiger partial charge in [0.2, 0.25) is 0 Å². The van der Waals surface area contributed by atoms with Crippen LogP contribution in [0.1, 0.15) is 15.3 Å². The minimum absolute atomic E-state index is 0.506. The molecule has 0 radical (unpaired) electrons. The summed E-state index contributed by atoms with van der Waals surface area (Å²) in [5.74, 6) is 0.620. The van der Waals surface area contributed by atoms with Crippen LogP contribution in [0.25, 0.3) is 0 Å². The molecule has 2 aromatic rings. The molecule has 0 saturated heterocycles. The fourth-order valence-corrected chi connectivity index (χ4v) is 3.13. The Morgan fingerprint density at radius 2 is 2.05 bits per heavy atom. The second kappa shape index (κ2) is 6.62. The van der Waals surface area contributed by atoms with Crippen molar-refractivity contribution in [3.05, 3.63) is 49.6 Å². The van der Waals surface area contributed by atoms with E-state index in [2.05, 4.69) is 18.3 Å². The average molecular weight is 316 g/mol. The number of halogens is 2. The molecule has 2 nitrogen and oxygen atoms in total. The summed E-state index contributed by atoms with van der Waals surface area (Å²) in [6.45, 7) is 3.48. The van der Waals surface area contributed by atoms with Gasteiger partial charge in [0.15, 0.2) is 0 Å². The molecule has 0 aliphatic heterocycles. The number of ether oxygens (including phenoxy) is 1. The standard InChI is InChI=1S/C14H15Cl2NOS/c1-9-10(5-12(19-9)7-17-2)8-18-14-6-11(15)3-4-13(14)16/h3-6,17H,7-8H2,1-2H3. The molecule has 0 spiro atoms. The second-order valence-electron chi connectivity index (χ2n) is 4.19. The van der Waals surface area contributed by atoms with Crippen molar-refractivity contribution in [1.29, 1.82) is 0 Å². The summed E-state index contributed by atoms with van der Waals surface area (Å²) in [4.78, 5) is 2.57. The highest BCUT2D eigenvalue weighted by Gasteiger charge is 2.08. The maximum Gasteiger partial charge on any atom is 0.139 e. The first-order chi connectivity index (χ1) is 9.10. The second-order valence-corrected chi connectivity index (χ2v) is 6.37. The van der Waals surface area contributed by atoms with Gasteiger partial charge in [0.1, 0.15) is 12.4 Å². The van der Waals surface area contributed by atoms with Crippen LogP contribution in [0, 0.1) is 6.92 Å². The average Bonchev–Trinajstić information content (AvgIpc) is 2.71. The largest absolute Gasteiger partial charge is 0.487 e. The van der Waals surface area contributed by atoms with Crippen LogP contribution in [0.15, 0.2) is 24.3 Å². The molecule has 0 unspecified atom stereocenters. The van der Waals surface area contributed by atoms with Crippen LogP contribution in [0.4, 0.5) is 0 Å². The zero-order valence-corrected chi connectivity index (χ0v) is 13.1. The van der Waals surface area contributed by atoms with Crippen molar-refractivity contribution in [3.8, 4) is 5.75 Å². The molecule has 0 amide bonds. The van der Waals surface area contributed by atoms with Crippen LogP contribution in [-0.2, 0) is 13.2 Å². The van der Waals surface area contributed by atoms with Gasteiger partial charge in [-0.15, -0.1) is 11.3 Å². The third-order valence-electron chi connectivity index (χ3n) is 2.70.